The van der Waals surface area contributed by atoms with Crippen molar-refractivity contribution in [3.05, 3.63) is 33.9 Å². The zero-order chi connectivity index (χ0) is 19.9. The summed E-state index contributed by atoms with van der Waals surface area (Å²) in [5.74, 6) is 0.162. The molecule has 0 unspecified atom stereocenters. The molecular weight excluding hydrogens is 360 g/mol. The van der Waals surface area contributed by atoms with E-state index in [1.807, 2.05) is 0 Å². The Bertz CT molecular complexity index is 691. The second-order valence-corrected chi connectivity index (χ2v) is 7.77. The van der Waals surface area contributed by atoms with Crippen molar-refractivity contribution < 1.29 is 19.2 Å². The minimum absolute atomic E-state index is 0.0472. The van der Waals surface area contributed by atoms with Crippen LogP contribution in [0.5, 0.6) is 5.75 Å². The second kappa shape index (κ2) is 9.66. The van der Waals surface area contributed by atoms with E-state index in [9.17, 15) is 19.7 Å². The molecule has 0 aliphatic heterocycles. The molecule has 1 aromatic carbocycles. The van der Waals surface area contributed by atoms with E-state index in [4.69, 9.17) is 4.74 Å². The number of non-ortho nitro benzene ring substituents is 1. The van der Waals surface area contributed by atoms with Crippen LogP contribution in [0.25, 0.3) is 0 Å². The Balaban J connectivity index is 1.71. The molecule has 2 saturated carbocycles. The molecule has 3 rings (SSSR count). The van der Waals surface area contributed by atoms with Gasteiger partial charge in [0.25, 0.3) is 11.6 Å². The van der Waals surface area contributed by atoms with E-state index in [-0.39, 0.29) is 41.6 Å². The largest absolute Gasteiger partial charge is 0.483 e. The number of nitro benzene ring substituents is 1. The molecule has 0 spiro atoms. The Morgan fingerprint density at radius 1 is 1.07 bits per heavy atom. The predicted molar refractivity (Wildman–Crippen MR) is 105 cm³/mol. The van der Waals surface area contributed by atoms with Crippen LogP contribution in [-0.4, -0.2) is 40.7 Å². The molecule has 0 N–H and O–H groups in total. The summed E-state index contributed by atoms with van der Waals surface area (Å²) >= 11 is 0. The van der Waals surface area contributed by atoms with Gasteiger partial charge in [0.1, 0.15) is 5.75 Å². The van der Waals surface area contributed by atoms with Gasteiger partial charge in [-0.2, -0.15) is 0 Å². The first-order chi connectivity index (χ1) is 13.6. The normalized spacial score (nSPS) is 18.4. The molecule has 0 radical (unpaired) electrons. The highest BCUT2D eigenvalue weighted by molar-refractivity contribution is 5.82. The van der Waals surface area contributed by atoms with E-state index < -0.39 is 4.92 Å². The summed E-state index contributed by atoms with van der Waals surface area (Å²) in [4.78, 5) is 36.7. The van der Waals surface area contributed by atoms with Crippen LogP contribution in [0, 0.1) is 10.1 Å². The number of carbonyl (C=O) groups is 2. The van der Waals surface area contributed by atoms with Crippen molar-refractivity contribution in [1.29, 1.82) is 0 Å². The van der Waals surface area contributed by atoms with Crippen LogP contribution in [-0.2, 0) is 4.79 Å². The van der Waals surface area contributed by atoms with Crippen molar-refractivity contribution in [3.8, 4) is 5.75 Å². The standard InChI is InChI=1S/C21H28N2O5/c24-14-16-13-19(23(26)27)11-12-20(16)28-15-21(25)22(17-7-3-1-4-8-17)18-9-5-2-6-10-18/h11-14,17-18H,1-10,15H2. The zero-order valence-electron chi connectivity index (χ0n) is 16.2. The van der Waals surface area contributed by atoms with Crippen molar-refractivity contribution in [1.82, 2.24) is 4.90 Å². The molecule has 28 heavy (non-hydrogen) atoms. The van der Waals surface area contributed by atoms with Gasteiger partial charge in [-0.1, -0.05) is 38.5 Å². The number of ether oxygens (including phenoxy) is 1. The summed E-state index contributed by atoms with van der Waals surface area (Å²) in [7, 11) is 0. The van der Waals surface area contributed by atoms with Gasteiger partial charge in [-0.05, 0) is 31.7 Å². The van der Waals surface area contributed by atoms with E-state index >= 15 is 0 Å². The monoisotopic (exact) mass is 388 g/mol. The fourth-order valence-electron chi connectivity index (χ4n) is 4.51. The Hall–Kier alpha value is -2.44. The maximum Gasteiger partial charge on any atom is 0.270 e. The van der Waals surface area contributed by atoms with Crippen LogP contribution >= 0.6 is 0 Å². The van der Waals surface area contributed by atoms with Gasteiger partial charge in [-0.25, -0.2) is 0 Å². The van der Waals surface area contributed by atoms with Crippen LogP contribution in [0.2, 0.25) is 0 Å². The second-order valence-electron chi connectivity index (χ2n) is 7.77. The average molecular weight is 388 g/mol. The Morgan fingerprint density at radius 3 is 2.14 bits per heavy atom. The summed E-state index contributed by atoms with van der Waals surface area (Å²) in [5.41, 5.74) is -0.0873. The summed E-state index contributed by atoms with van der Waals surface area (Å²) in [6, 6.07) is 4.39. The van der Waals surface area contributed by atoms with E-state index in [0.29, 0.717) is 6.29 Å². The number of amides is 1. The Morgan fingerprint density at radius 2 is 1.64 bits per heavy atom. The van der Waals surface area contributed by atoms with Gasteiger partial charge in [-0.15, -0.1) is 0 Å². The molecule has 1 aromatic rings. The Kier molecular flexibility index (Phi) is 7.01. The summed E-state index contributed by atoms with van der Waals surface area (Å²) in [6.45, 7) is -0.147. The molecule has 2 fully saturated rings. The number of nitrogens with zero attached hydrogens (tertiary/aromatic N) is 2. The first kappa shape index (κ1) is 20.3. The van der Waals surface area contributed by atoms with Crippen LogP contribution in [0.3, 0.4) is 0 Å². The van der Waals surface area contributed by atoms with E-state index in [0.717, 1.165) is 51.4 Å². The Labute approximate surface area is 165 Å². The summed E-state index contributed by atoms with van der Waals surface area (Å²) in [6.07, 6.45) is 11.7. The minimum atomic E-state index is -0.560. The molecule has 0 heterocycles. The van der Waals surface area contributed by atoms with Crippen LogP contribution in [0.15, 0.2) is 18.2 Å². The average Bonchev–Trinajstić information content (AvgIpc) is 2.73. The molecule has 0 aromatic heterocycles. The van der Waals surface area contributed by atoms with E-state index in [1.54, 1.807) is 0 Å². The molecule has 2 aliphatic carbocycles. The highest BCUT2D eigenvalue weighted by Crippen LogP contribution is 2.30. The fraction of sp³-hybridized carbons (Fsp3) is 0.619. The number of aldehydes is 1. The first-order valence-corrected chi connectivity index (χ1v) is 10.3. The van der Waals surface area contributed by atoms with Gasteiger partial charge in [0, 0.05) is 24.2 Å². The zero-order valence-corrected chi connectivity index (χ0v) is 16.2. The van der Waals surface area contributed by atoms with Crippen LogP contribution in [0.4, 0.5) is 5.69 Å². The van der Waals surface area contributed by atoms with E-state index in [2.05, 4.69) is 4.90 Å². The van der Waals surface area contributed by atoms with Crippen molar-refractivity contribution >= 4 is 17.9 Å². The third-order valence-corrected chi connectivity index (χ3v) is 5.91. The molecule has 152 valence electrons. The smallest absolute Gasteiger partial charge is 0.270 e. The maximum atomic E-state index is 13.1. The van der Waals surface area contributed by atoms with Crippen LogP contribution < -0.4 is 4.74 Å². The SMILES string of the molecule is O=Cc1cc([N+](=O)[O-])ccc1OCC(=O)N(C1CCCCC1)C1CCCCC1. The maximum absolute atomic E-state index is 13.1. The summed E-state index contributed by atoms with van der Waals surface area (Å²) < 4.78 is 5.64. The third-order valence-electron chi connectivity index (χ3n) is 5.91. The lowest BCUT2D eigenvalue weighted by molar-refractivity contribution is -0.384. The number of benzene rings is 1. The molecule has 0 atom stereocenters. The number of nitro groups is 1. The molecule has 0 bridgehead atoms. The highest BCUT2D eigenvalue weighted by Gasteiger charge is 2.32. The molecule has 7 nitrogen and oxygen atoms in total. The fourth-order valence-corrected chi connectivity index (χ4v) is 4.51. The number of rotatable bonds is 7. The lowest BCUT2D eigenvalue weighted by atomic mass is 9.88. The van der Waals surface area contributed by atoms with E-state index in [1.165, 1.54) is 31.0 Å². The minimum Gasteiger partial charge on any atom is -0.483 e. The van der Waals surface area contributed by atoms with Crippen molar-refractivity contribution in [2.45, 2.75) is 76.3 Å². The van der Waals surface area contributed by atoms with Gasteiger partial charge in [0.2, 0.25) is 0 Å². The predicted octanol–water partition coefficient (Wildman–Crippen LogP) is 4.28. The molecule has 7 heteroatoms. The number of carbonyl (C=O) groups excluding carboxylic acids is 2. The lowest BCUT2D eigenvalue weighted by Gasteiger charge is -2.41. The molecule has 0 saturated heterocycles. The molecule has 1 amide bonds. The lowest BCUT2D eigenvalue weighted by Crippen LogP contribution is -2.50. The third kappa shape index (κ3) is 4.88. The van der Waals surface area contributed by atoms with Crippen LogP contribution in [0.1, 0.15) is 74.6 Å². The quantitative estimate of drug-likeness (QED) is 0.395. The van der Waals surface area contributed by atoms with Gasteiger partial charge >= 0.3 is 0 Å². The topological polar surface area (TPSA) is 89.7 Å². The van der Waals surface area contributed by atoms with Gasteiger partial charge < -0.3 is 9.64 Å². The van der Waals surface area contributed by atoms with Gasteiger partial charge in [0.15, 0.2) is 12.9 Å². The van der Waals surface area contributed by atoms with Crippen molar-refractivity contribution in [2.75, 3.05) is 6.61 Å². The molecular formula is C21H28N2O5. The van der Waals surface area contributed by atoms with Crippen molar-refractivity contribution in [3.63, 3.8) is 0 Å². The van der Waals surface area contributed by atoms with Gasteiger partial charge in [-0.3, -0.25) is 19.7 Å². The summed E-state index contributed by atoms with van der Waals surface area (Å²) in [5, 5.41) is 10.9. The van der Waals surface area contributed by atoms with Crippen molar-refractivity contribution in [2.24, 2.45) is 0 Å². The van der Waals surface area contributed by atoms with Gasteiger partial charge in [0.05, 0.1) is 10.5 Å². The number of hydrogen-bond acceptors (Lipinski definition) is 5. The highest BCUT2D eigenvalue weighted by atomic mass is 16.6. The molecule has 2 aliphatic rings. The number of hydrogen-bond donors (Lipinski definition) is 0. The first-order valence-electron chi connectivity index (χ1n) is 10.3.